The molecule has 0 bridgehead atoms. The molecule has 0 spiro atoms. The summed E-state index contributed by atoms with van der Waals surface area (Å²) in [6, 6.07) is 16.4. The van der Waals surface area contributed by atoms with Crippen molar-refractivity contribution in [3.63, 3.8) is 0 Å². The second kappa shape index (κ2) is 8.74. The molecule has 146 valence electrons. The molecular formula is C23H23BrO4. The SMILES string of the molecule is CCC(C)C(=O)OCC(=O)OC(C)c1ccc2cc3ccccc3cc2c1Br. The zero-order chi connectivity index (χ0) is 20.3. The Balaban J connectivity index is 1.77. The fourth-order valence-electron chi connectivity index (χ4n) is 3.04. The van der Waals surface area contributed by atoms with Crippen molar-refractivity contribution in [3.8, 4) is 0 Å². The fourth-order valence-corrected chi connectivity index (χ4v) is 3.84. The molecule has 0 fully saturated rings. The molecule has 3 rings (SSSR count). The molecule has 3 aromatic carbocycles. The molecule has 0 aliphatic rings. The lowest BCUT2D eigenvalue weighted by Crippen LogP contribution is -2.21. The first-order chi connectivity index (χ1) is 13.4. The second-order valence-corrected chi connectivity index (χ2v) is 7.73. The first-order valence-corrected chi connectivity index (χ1v) is 10.2. The van der Waals surface area contributed by atoms with Gasteiger partial charge >= 0.3 is 11.9 Å². The van der Waals surface area contributed by atoms with Gasteiger partial charge in [0, 0.05) is 10.0 Å². The standard InChI is InChI=1S/C23H23BrO4/c1-4-14(2)23(26)27-13-21(25)28-15(3)19-10-9-18-11-16-7-5-6-8-17(16)12-20(18)22(19)24/h5-12,14-15H,4,13H2,1-3H3. The van der Waals surface area contributed by atoms with Crippen LogP contribution in [0.15, 0.2) is 53.0 Å². The predicted molar refractivity (Wildman–Crippen MR) is 114 cm³/mol. The number of rotatable bonds is 6. The highest BCUT2D eigenvalue weighted by atomic mass is 79.9. The maximum atomic E-state index is 12.1. The van der Waals surface area contributed by atoms with E-state index in [2.05, 4.69) is 40.2 Å². The van der Waals surface area contributed by atoms with E-state index < -0.39 is 12.1 Å². The van der Waals surface area contributed by atoms with E-state index in [1.165, 1.54) is 5.39 Å². The Bertz CT molecular complexity index is 1030. The van der Waals surface area contributed by atoms with Crippen LogP contribution in [0.2, 0.25) is 0 Å². The molecule has 0 heterocycles. The van der Waals surface area contributed by atoms with Gasteiger partial charge in [0.15, 0.2) is 6.61 Å². The number of fused-ring (bicyclic) bond motifs is 2. The minimum atomic E-state index is -0.560. The second-order valence-electron chi connectivity index (χ2n) is 6.94. The monoisotopic (exact) mass is 442 g/mol. The van der Waals surface area contributed by atoms with Gasteiger partial charge in [0.25, 0.3) is 0 Å². The van der Waals surface area contributed by atoms with E-state index in [-0.39, 0.29) is 18.5 Å². The van der Waals surface area contributed by atoms with Gasteiger partial charge in [-0.25, -0.2) is 4.79 Å². The molecule has 0 amide bonds. The average molecular weight is 443 g/mol. The van der Waals surface area contributed by atoms with Gasteiger partial charge < -0.3 is 9.47 Å². The number of benzene rings is 3. The zero-order valence-corrected chi connectivity index (χ0v) is 17.8. The Kier molecular flexibility index (Phi) is 6.35. The Morgan fingerprint density at radius 2 is 1.68 bits per heavy atom. The number of halogens is 1. The van der Waals surface area contributed by atoms with E-state index in [1.54, 1.807) is 13.8 Å². The molecule has 3 aromatic rings. The molecule has 0 aliphatic heterocycles. The van der Waals surface area contributed by atoms with Gasteiger partial charge in [0.2, 0.25) is 0 Å². The van der Waals surface area contributed by atoms with Gasteiger partial charge in [-0.15, -0.1) is 0 Å². The van der Waals surface area contributed by atoms with E-state index >= 15 is 0 Å². The number of hydrogen-bond donors (Lipinski definition) is 0. The van der Waals surface area contributed by atoms with Gasteiger partial charge in [-0.2, -0.15) is 0 Å². The van der Waals surface area contributed by atoms with Crippen LogP contribution in [-0.2, 0) is 19.1 Å². The maximum Gasteiger partial charge on any atom is 0.344 e. The highest BCUT2D eigenvalue weighted by molar-refractivity contribution is 9.10. The van der Waals surface area contributed by atoms with Gasteiger partial charge in [-0.1, -0.05) is 50.2 Å². The lowest BCUT2D eigenvalue weighted by molar-refractivity contribution is -0.164. The zero-order valence-electron chi connectivity index (χ0n) is 16.2. The molecule has 2 unspecified atom stereocenters. The van der Waals surface area contributed by atoms with Crippen LogP contribution in [-0.4, -0.2) is 18.5 Å². The lowest BCUT2D eigenvalue weighted by Gasteiger charge is -2.17. The summed E-state index contributed by atoms with van der Waals surface area (Å²) in [7, 11) is 0. The molecule has 0 saturated heterocycles. The smallest absolute Gasteiger partial charge is 0.344 e. The lowest BCUT2D eigenvalue weighted by atomic mass is 10.00. The summed E-state index contributed by atoms with van der Waals surface area (Å²) in [5.41, 5.74) is 0.865. The Morgan fingerprint density at radius 1 is 1.00 bits per heavy atom. The van der Waals surface area contributed by atoms with E-state index in [9.17, 15) is 9.59 Å². The average Bonchev–Trinajstić information content (AvgIpc) is 2.70. The van der Waals surface area contributed by atoms with Gasteiger partial charge in [0.1, 0.15) is 6.10 Å². The van der Waals surface area contributed by atoms with Crippen LogP contribution in [0.5, 0.6) is 0 Å². The maximum absolute atomic E-state index is 12.1. The molecule has 4 nitrogen and oxygen atoms in total. The van der Waals surface area contributed by atoms with Crippen LogP contribution < -0.4 is 0 Å². The number of esters is 2. The number of hydrogen-bond acceptors (Lipinski definition) is 4. The fraction of sp³-hybridized carbons (Fsp3) is 0.304. The third-order valence-electron chi connectivity index (χ3n) is 4.94. The van der Waals surface area contributed by atoms with E-state index in [0.717, 1.165) is 26.2 Å². The van der Waals surface area contributed by atoms with Gasteiger partial charge in [-0.3, -0.25) is 4.79 Å². The number of carbonyl (C=O) groups excluding carboxylic acids is 2. The Labute approximate surface area is 172 Å². The molecule has 0 radical (unpaired) electrons. The third kappa shape index (κ3) is 4.36. The Hall–Kier alpha value is -2.40. The molecule has 2 atom stereocenters. The summed E-state index contributed by atoms with van der Waals surface area (Å²) in [6.07, 6.45) is 0.197. The van der Waals surface area contributed by atoms with Crippen LogP contribution in [0.25, 0.3) is 21.5 Å². The van der Waals surface area contributed by atoms with Crippen LogP contribution in [0.1, 0.15) is 38.9 Å². The largest absolute Gasteiger partial charge is 0.455 e. The highest BCUT2D eigenvalue weighted by Gasteiger charge is 2.19. The van der Waals surface area contributed by atoms with Crippen molar-refractivity contribution >= 4 is 49.4 Å². The number of ether oxygens (including phenoxy) is 2. The summed E-state index contributed by atoms with van der Waals surface area (Å²) in [5, 5.41) is 4.49. The molecule has 5 heteroatoms. The molecule has 0 saturated carbocycles. The van der Waals surface area contributed by atoms with Crippen molar-refractivity contribution in [1.29, 1.82) is 0 Å². The quantitative estimate of drug-likeness (QED) is 0.349. The Morgan fingerprint density at radius 3 is 2.36 bits per heavy atom. The van der Waals surface area contributed by atoms with Crippen molar-refractivity contribution < 1.29 is 19.1 Å². The normalized spacial score (nSPS) is 13.3. The van der Waals surface area contributed by atoms with Gasteiger partial charge in [0.05, 0.1) is 5.92 Å². The van der Waals surface area contributed by atoms with E-state index in [0.29, 0.717) is 6.42 Å². The predicted octanol–water partition coefficient (Wildman–Crippen LogP) is 5.95. The van der Waals surface area contributed by atoms with E-state index in [1.807, 2.05) is 31.2 Å². The summed E-state index contributed by atoms with van der Waals surface area (Å²) in [4.78, 5) is 23.8. The minimum absolute atomic E-state index is 0.227. The highest BCUT2D eigenvalue weighted by Crippen LogP contribution is 2.35. The third-order valence-corrected chi connectivity index (χ3v) is 5.83. The van der Waals surface area contributed by atoms with Gasteiger partial charge in [-0.05, 0) is 63.0 Å². The number of carbonyl (C=O) groups is 2. The minimum Gasteiger partial charge on any atom is -0.455 e. The molecule has 0 N–H and O–H groups in total. The molecule has 0 aliphatic carbocycles. The summed E-state index contributed by atoms with van der Waals surface area (Å²) in [6.45, 7) is 5.10. The van der Waals surface area contributed by atoms with Crippen molar-refractivity contribution in [2.45, 2.75) is 33.3 Å². The molecule has 0 aromatic heterocycles. The van der Waals surface area contributed by atoms with Crippen LogP contribution >= 0.6 is 15.9 Å². The first kappa shape index (κ1) is 20.3. The summed E-state index contributed by atoms with van der Waals surface area (Å²) < 4.78 is 11.4. The topological polar surface area (TPSA) is 52.6 Å². The summed E-state index contributed by atoms with van der Waals surface area (Å²) >= 11 is 3.67. The van der Waals surface area contributed by atoms with Crippen molar-refractivity contribution in [3.05, 3.63) is 58.6 Å². The van der Waals surface area contributed by atoms with Crippen LogP contribution in [0, 0.1) is 5.92 Å². The molecule has 28 heavy (non-hydrogen) atoms. The van der Waals surface area contributed by atoms with E-state index in [4.69, 9.17) is 9.47 Å². The summed E-state index contributed by atoms with van der Waals surface area (Å²) in [5.74, 6) is -1.17. The van der Waals surface area contributed by atoms with Crippen molar-refractivity contribution in [1.82, 2.24) is 0 Å². The van der Waals surface area contributed by atoms with Crippen LogP contribution in [0.3, 0.4) is 0 Å². The van der Waals surface area contributed by atoms with Crippen molar-refractivity contribution in [2.24, 2.45) is 5.92 Å². The van der Waals surface area contributed by atoms with Crippen molar-refractivity contribution in [2.75, 3.05) is 6.61 Å². The first-order valence-electron chi connectivity index (χ1n) is 9.37. The molecular weight excluding hydrogens is 420 g/mol. The van der Waals surface area contributed by atoms with Crippen LogP contribution in [0.4, 0.5) is 0 Å².